The Morgan fingerprint density at radius 2 is 1.88 bits per heavy atom. The van der Waals surface area contributed by atoms with Gasteiger partial charge < -0.3 is 14.5 Å². The molecular formula is C24H27N5O3. The summed E-state index contributed by atoms with van der Waals surface area (Å²) in [6.45, 7) is 2.19. The summed E-state index contributed by atoms with van der Waals surface area (Å²) in [5.74, 6) is -0.154. The highest BCUT2D eigenvalue weighted by Crippen LogP contribution is 2.15. The quantitative estimate of drug-likeness (QED) is 0.544. The molecule has 0 saturated carbocycles. The van der Waals surface area contributed by atoms with E-state index in [0.29, 0.717) is 32.8 Å². The van der Waals surface area contributed by atoms with Gasteiger partial charge in [0.15, 0.2) is 0 Å². The van der Waals surface area contributed by atoms with Gasteiger partial charge in [0.25, 0.3) is 0 Å². The van der Waals surface area contributed by atoms with Crippen LogP contribution in [0.3, 0.4) is 0 Å². The first kappa shape index (κ1) is 21.7. The van der Waals surface area contributed by atoms with Gasteiger partial charge in [-0.1, -0.05) is 36.4 Å². The van der Waals surface area contributed by atoms with Crippen molar-refractivity contribution in [2.24, 2.45) is 0 Å². The van der Waals surface area contributed by atoms with Crippen LogP contribution >= 0.6 is 0 Å². The fourth-order valence-electron chi connectivity index (χ4n) is 3.73. The van der Waals surface area contributed by atoms with E-state index in [4.69, 9.17) is 4.74 Å². The van der Waals surface area contributed by atoms with Crippen LogP contribution in [-0.2, 0) is 34.0 Å². The topological polar surface area (TPSA) is 80.6 Å². The molecule has 1 saturated heterocycles. The van der Waals surface area contributed by atoms with Crippen LogP contribution in [0.5, 0.6) is 0 Å². The number of aromatic nitrogens is 3. The minimum Gasteiger partial charge on any atom is -0.370 e. The Bertz CT molecular complexity index is 995. The van der Waals surface area contributed by atoms with Crippen LogP contribution in [0.1, 0.15) is 17.5 Å². The Morgan fingerprint density at radius 1 is 1.03 bits per heavy atom. The van der Waals surface area contributed by atoms with Crippen molar-refractivity contribution >= 4 is 11.8 Å². The van der Waals surface area contributed by atoms with Crippen molar-refractivity contribution < 1.29 is 14.3 Å². The van der Waals surface area contributed by atoms with Crippen LogP contribution in [0.4, 0.5) is 0 Å². The molecule has 1 atom stereocenters. The predicted molar refractivity (Wildman–Crippen MR) is 118 cm³/mol. The first-order valence-corrected chi connectivity index (χ1v) is 10.7. The van der Waals surface area contributed by atoms with E-state index in [1.54, 1.807) is 33.1 Å². The van der Waals surface area contributed by atoms with Crippen molar-refractivity contribution in [3.05, 3.63) is 84.4 Å². The van der Waals surface area contributed by atoms with E-state index < -0.39 is 0 Å². The van der Waals surface area contributed by atoms with Crippen molar-refractivity contribution in [2.75, 3.05) is 19.6 Å². The van der Waals surface area contributed by atoms with Crippen LogP contribution in [0, 0.1) is 0 Å². The highest BCUT2D eigenvalue weighted by Gasteiger charge is 2.30. The van der Waals surface area contributed by atoms with E-state index in [2.05, 4.69) is 10.1 Å². The molecule has 0 N–H and O–H groups in total. The number of benzene rings is 1. The van der Waals surface area contributed by atoms with Gasteiger partial charge in [0.05, 0.1) is 19.3 Å². The van der Waals surface area contributed by atoms with Crippen molar-refractivity contribution in [1.29, 1.82) is 0 Å². The second-order valence-electron chi connectivity index (χ2n) is 7.85. The molecule has 0 unspecified atom stereocenters. The number of carbonyl (C=O) groups excluding carboxylic acids is 2. The molecule has 1 aliphatic heterocycles. The molecule has 32 heavy (non-hydrogen) atoms. The maximum Gasteiger partial charge on any atom is 0.242 e. The summed E-state index contributed by atoms with van der Waals surface area (Å²) < 4.78 is 7.87. The Labute approximate surface area is 187 Å². The molecule has 8 nitrogen and oxygen atoms in total. The summed E-state index contributed by atoms with van der Waals surface area (Å²) in [5, 5.41) is 4.14. The highest BCUT2D eigenvalue weighted by molar-refractivity contribution is 5.85. The molecule has 1 aromatic carbocycles. The average Bonchev–Trinajstić information content (AvgIpc) is 3.29. The van der Waals surface area contributed by atoms with Gasteiger partial charge in [-0.2, -0.15) is 5.10 Å². The second kappa shape index (κ2) is 10.7. The van der Waals surface area contributed by atoms with Gasteiger partial charge in [0.1, 0.15) is 0 Å². The van der Waals surface area contributed by atoms with E-state index in [0.717, 1.165) is 11.1 Å². The van der Waals surface area contributed by atoms with Gasteiger partial charge >= 0.3 is 0 Å². The molecule has 2 amide bonds. The number of rotatable bonds is 8. The molecule has 0 spiro atoms. The number of pyridine rings is 1. The molecule has 0 bridgehead atoms. The van der Waals surface area contributed by atoms with Gasteiger partial charge in [0.2, 0.25) is 11.8 Å². The van der Waals surface area contributed by atoms with Gasteiger partial charge in [-0.25, -0.2) is 0 Å². The van der Waals surface area contributed by atoms with Crippen LogP contribution in [0.2, 0.25) is 0 Å². The molecule has 4 rings (SSSR count). The lowest BCUT2D eigenvalue weighted by Crippen LogP contribution is -2.40. The van der Waals surface area contributed by atoms with E-state index in [-0.39, 0.29) is 30.9 Å². The monoisotopic (exact) mass is 433 g/mol. The number of amides is 2. The van der Waals surface area contributed by atoms with Gasteiger partial charge in [0, 0.05) is 57.4 Å². The van der Waals surface area contributed by atoms with E-state index in [1.165, 1.54) is 0 Å². The third-order valence-corrected chi connectivity index (χ3v) is 5.42. The molecule has 0 radical (unpaired) electrons. The maximum absolute atomic E-state index is 13.0. The average molecular weight is 434 g/mol. The van der Waals surface area contributed by atoms with Crippen molar-refractivity contribution in [1.82, 2.24) is 24.6 Å². The van der Waals surface area contributed by atoms with E-state index in [1.807, 2.05) is 54.7 Å². The SMILES string of the molecule is O=C(CCn1cccn1)N1CC(=O)N(Cc2ccccc2)C[C@H](OCc2cccnc2)C1. The van der Waals surface area contributed by atoms with Gasteiger partial charge in [-0.05, 0) is 23.3 Å². The Morgan fingerprint density at radius 3 is 2.62 bits per heavy atom. The lowest BCUT2D eigenvalue weighted by Gasteiger charge is -2.25. The van der Waals surface area contributed by atoms with Crippen LogP contribution < -0.4 is 0 Å². The van der Waals surface area contributed by atoms with Crippen LogP contribution in [-0.4, -0.2) is 62.1 Å². The zero-order valence-corrected chi connectivity index (χ0v) is 17.9. The van der Waals surface area contributed by atoms with Crippen molar-refractivity contribution in [3.63, 3.8) is 0 Å². The first-order chi connectivity index (χ1) is 15.7. The molecule has 8 heteroatoms. The number of hydrogen-bond acceptors (Lipinski definition) is 5. The summed E-state index contributed by atoms with van der Waals surface area (Å²) in [6, 6.07) is 15.5. The number of nitrogens with zero attached hydrogens (tertiary/aromatic N) is 5. The molecule has 166 valence electrons. The van der Waals surface area contributed by atoms with Gasteiger partial charge in [-0.3, -0.25) is 19.3 Å². The Hall–Kier alpha value is -3.52. The first-order valence-electron chi connectivity index (χ1n) is 10.7. The number of hydrogen-bond donors (Lipinski definition) is 0. The Kier molecular flexibility index (Phi) is 7.24. The molecule has 1 aliphatic rings. The highest BCUT2D eigenvalue weighted by atomic mass is 16.5. The summed E-state index contributed by atoms with van der Waals surface area (Å²) in [5.41, 5.74) is 2.00. The Balaban J connectivity index is 1.45. The molecular weight excluding hydrogens is 406 g/mol. The van der Waals surface area contributed by atoms with Crippen molar-refractivity contribution in [2.45, 2.75) is 32.2 Å². The van der Waals surface area contributed by atoms with Crippen LogP contribution in [0.15, 0.2) is 73.3 Å². The summed E-state index contributed by atoms with van der Waals surface area (Å²) in [7, 11) is 0. The molecule has 0 aliphatic carbocycles. The molecule has 2 aromatic heterocycles. The fourth-order valence-corrected chi connectivity index (χ4v) is 3.73. The summed E-state index contributed by atoms with van der Waals surface area (Å²) in [6.07, 6.45) is 6.97. The van der Waals surface area contributed by atoms with Crippen molar-refractivity contribution in [3.8, 4) is 0 Å². The summed E-state index contributed by atoms with van der Waals surface area (Å²) in [4.78, 5) is 33.5. The normalized spacial score (nSPS) is 16.8. The number of aryl methyl sites for hydroxylation is 1. The molecule has 3 heterocycles. The maximum atomic E-state index is 13.0. The third-order valence-electron chi connectivity index (χ3n) is 5.42. The summed E-state index contributed by atoms with van der Waals surface area (Å²) >= 11 is 0. The molecule has 3 aromatic rings. The minimum atomic E-state index is -0.293. The van der Waals surface area contributed by atoms with Crippen LogP contribution in [0.25, 0.3) is 0 Å². The lowest BCUT2D eigenvalue weighted by atomic mass is 10.2. The van der Waals surface area contributed by atoms with E-state index >= 15 is 0 Å². The lowest BCUT2D eigenvalue weighted by molar-refractivity contribution is -0.139. The smallest absolute Gasteiger partial charge is 0.242 e. The third kappa shape index (κ3) is 6.01. The number of ether oxygens (including phenoxy) is 1. The minimum absolute atomic E-state index is 0.0531. The fraction of sp³-hybridized carbons (Fsp3) is 0.333. The zero-order valence-electron chi connectivity index (χ0n) is 17.9. The zero-order chi connectivity index (χ0) is 22.2. The number of carbonyl (C=O) groups is 2. The largest absolute Gasteiger partial charge is 0.370 e. The van der Waals surface area contributed by atoms with Gasteiger partial charge in [-0.15, -0.1) is 0 Å². The second-order valence-corrected chi connectivity index (χ2v) is 7.85. The molecule has 1 fully saturated rings. The standard InChI is InChI=1S/C24H27N5O3/c30-23(9-13-29-12-5-11-26-29)28-17-22(32-19-21-8-4-10-25-14-21)16-27(24(31)18-28)15-20-6-2-1-3-7-20/h1-8,10-12,14,22H,9,13,15-19H2/t22-/m0/s1. The van der Waals surface area contributed by atoms with E-state index in [9.17, 15) is 9.59 Å². The predicted octanol–water partition coefficient (Wildman–Crippen LogP) is 2.12.